The molecule has 2 aliphatic heterocycles. The lowest BCUT2D eigenvalue weighted by Gasteiger charge is -2.36. The van der Waals surface area contributed by atoms with Gasteiger partial charge in [0.25, 0.3) is 17.7 Å². The van der Waals surface area contributed by atoms with Crippen molar-refractivity contribution in [1.82, 2.24) is 35.7 Å². The molecule has 2 aromatic heterocycles. The zero-order valence-electron chi connectivity index (χ0n) is 41.4. The van der Waals surface area contributed by atoms with E-state index in [1.165, 1.54) is 52.3 Å². The second-order valence-corrected chi connectivity index (χ2v) is 20.5. The molecule has 0 unspecified atom stereocenters. The number of aromatic nitrogens is 3. The molecule has 2 saturated heterocycles. The monoisotopic (exact) mass is 1030 g/mol. The summed E-state index contributed by atoms with van der Waals surface area (Å²) >= 11 is 0. The first-order valence-electron chi connectivity index (χ1n) is 23.9. The van der Waals surface area contributed by atoms with E-state index in [1.807, 2.05) is 30.9 Å². The molecule has 1 saturated carbocycles. The van der Waals surface area contributed by atoms with Crippen molar-refractivity contribution in [2.24, 2.45) is 11.0 Å². The van der Waals surface area contributed by atoms with E-state index in [4.69, 9.17) is 12.3 Å². The Balaban J connectivity index is 0.00000892. The number of nitrogens with zero attached hydrogens (tertiary/aromatic N) is 7. The first-order valence-corrected chi connectivity index (χ1v) is 25.3. The molecule has 382 valence electrons. The van der Waals surface area contributed by atoms with Gasteiger partial charge in [0.2, 0.25) is 17.7 Å². The van der Waals surface area contributed by atoms with Gasteiger partial charge in [0.05, 0.1) is 18.7 Å². The van der Waals surface area contributed by atoms with E-state index in [9.17, 15) is 33.6 Å². The summed E-state index contributed by atoms with van der Waals surface area (Å²) in [5.74, 6) is -4.64. The second kappa shape index (κ2) is 25.4. The molecule has 19 nitrogen and oxygen atoms in total. The number of imide groups is 1. The van der Waals surface area contributed by atoms with Crippen molar-refractivity contribution in [2.45, 2.75) is 90.3 Å². The number of carbonyl (C=O) groups excluding carboxylic acids is 7. The minimum Gasteiger partial charge on any atom is -0.463 e. The summed E-state index contributed by atoms with van der Waals surface area (Å²) in [5.41, 5.74) is 5.90. The van der Waals surface area contributed by atoms with Gasteiger partial charge in [0.15, 0.2) is 0 Å². The quantitative estimate of drug-likeness (QED) is 0.0261. The maximum absolute atomic E-state index is 15.1. The molecule has 72 heavy (non-hydrogen) atoms. The Morgan fingerprint density at radius 1 is 0.944 bits per heavy atom. The maximum atomic E-state index is 15.1. The molecule has 6 amide bonds. The molecule has 3 N–H and O–H groups in total. The van der Waals surface area contributed by atoms with Crippen molar-refractivity contribution < 1.29 is 50.3 Å². The van der Waals surface area contributed by atoms with E-state index in [1.54, 1.807) is 37.4 Å². The lowest BCUT2D eigenvalue weighted by molar-refractivity contribution is -0.197. The Bertz CT molecular complexity index is 2700. The molecular weight excluding hydrogens is 968 g/mol. The Morgan fingerprint density at radius 3 is 2.35 bits per heavy atom. The average Bonchev–Trinajstić information content (AvgIpc) is 3.84. The highest BCUT2D eigenvalue weighted by molar-refractivity contribution is 8.77. The lowest BCUT2D eigenvalue weighted by Crippen LogP contribution is -2.48. The fourth-order valence-corrected chi connectivity index (χ4v) is 9.92. The van der Waals surface area contributed by atoms with Crippen molar-refractivity contribution >= 4 is 80.1 Å². The molecule has 0 radical (unpaired) electrons. The zero-order valence-corrected chi connectivity index (χ0v) is 41.0. The van der Waals surface area contributed by atoms with Crippen molar-refractivity contribution in [1.29, 1.82) is 0 Å². The van der Waals surface area contributed by atoms with Gasteiger partial charge in [-0.15, -0.1) is 5.06 Å². The van der Waals surface area contributed by atoms with Gasteiger partial charge < -0.3 is 30.0 Å². The fourth-order valence-electron chi connectivity index (χ4n) is 7.43. The summed E-state index contributed by atoms with van der Waals surface area (Å²) < 4.78 is 36.6. The van der Waals surface area contributed by atoms with E-state index in [0.29, 0.717) is 65.8 Å². The number of amides is 6. The van der Waals surface area contributed by atoms with Crippen molar-refractivity contribution in [2.75, 3.05) is 48.8 Å². The SMILES string of the molecule is C.[2H]C1([2H])[C@H](C(=O)Nc2ccc(CNC(=O)c3ccc(N4CCN(C(=O)CCSSC(C)(C)CC(=O)N/N=C(\C)c5cnc(OCCCC(=O)ON6C(=O)CCC6=O)nc5)CC4)cc3)c(F)c2)[C@H]1c1cccnc1. The molecule has 4 heterocycles. The number of benzene rings is 2. The van der Waals surface area contributed by atoms with Crippen LogP contribution in [0.4, 0.5) is 15.8 Å². The third-order valence-electron chi connectivity index (χ3n) is 11.4. The summed E-state index contributed by atoms with van der Waals surface area (Å²) in [4.78, 5) is 108. The summed E-state index contributed by atoms with van der Waals surface area (Å²) in [6, 6.07) is 14.7. The van der Waals surface area contributed by atoms with Crippen LogP contribution in [0.2, 0.25) is 0 Å². The summed E-state index contributed by atoms with van der Waals surface area (Å²) in [7, 11) is 3.05. The first kappa shape index (κ1) is 51.4. The average molecular weight is 1030 g/mol. The molecule has 22 heteroatoms. The largest absolute Gasteiger partial charge is 0.463 e. The van der Waals surface area contributed by atoms with Crippen LogP contribution in [0.5, 0.6) is 6.01 Å². The number of hydrazone groups is 1. The maximum Gasteiger partial charge on any atom is 0.333 e. The first-order chi connectivity index (χ1) is 34.9. The number of hydrogen-bond donors (Lipinski definition) is 3. The number of ether oxygens (including phenoxy) is 1. The number of rotatable bonds is 22. The Morgan fingerprint density at radius 2 is 1.67 bits per heavy atom. The van der Waals surface area contributed by atoms with E-state index in [2.05, 4.69) is 41.0 Å². The molecular formula is C50H59FN10O9S2. The molecule has 2 aromatic carbocycles. The summed E-state index contributed by atoms with van der Waals surface area (Å²) in [6.45, 7) is 7.89. The highest BCUT2D eigenvalue weighted by atomic mass is 33.1. The molecule has 7 rings (SSSR count). The topological polar surface area (TPSA) is 235 Å². The van der Waals surface area contributed by atoms with Crippen LogP contribution in [0.3, 0.4) is 0 Å². The summed E-state index contributed by atoms with van der Waals surface area (Å²) in [6.07, 6.45) is 5.04. The van der Waals surface area contributed by atoms with Crippen LogP contribution in [0.25, 0.3) is 0 Å². The highest BCUT2D eigenvalue weighted by Crippen LogP contribution is 2.47. The Labute approximate surface area is 428 Å². The Kier molecular flexibility index (Phi) is 18.2. The van der Waals surface area contributed by atoms with Gasteiger partial charge in [0.1, 0.15) is 5.82 Å². The second-order valence-electron chi connectivity index (χ2n) is 17.4. The zero-order chi connectivity index (χ0) is 52.3. The number of piperazine rings is 1. The Hall–Kier alpha value is -6.94. The number of pyridine rings is 1. The van der Waals surface area contributed by atoms with Gasteiger partial charge in [-0.3, -0.25) is 33.8 Å². The molecule has 0 bridgehead atoms. The number of carbonyl (C=O) groups is 7. The molecule has 1 aliphatic carbocycles. The van der Waals surface area contributed by atoms with Crippen LogP contribution in [-0.2, 0) is 40.1 Å². The van der Waals surface area contributed by atoms with E-state index in [0.717, 1.165) is 11.8 Å². The number of nitrogens with one attached hydrogen (secondary N) is 3. The molecule has 3 fully saturated rings. The third kappa shape index (κ3) is 15.5. The van der Waals surface area contributed by atoms with Gasteiger partial charge >= 0.3 is 12.0 Å². The van der Waals surface area contributed by atoms with Crippen LogP contribution in [0, 0.1) is 11.7 Å². The molecule has 0 spiro atoms. The van der Waals surface area contributed by atoms with Gasteiger partial charge in [-0.25, -0.2) is 24.6 Å². The van der Waals surface area contributed by atoms with Crippen LogP contribution in [0.1, 0.15) is 109 Å². The fraction of sp³-hybridized carbons (Fsp3) is 0.420. The van der Waals surface area contributed by atoms with Gasteiger partial charge in [-0.05, 0) is 87.5 Å². The minimum absolute atomic E-state index is 0. The number of anilines is 2. The number of halogens is 1. The molecule has 3 aliphatic rings. The highest BCUT2D eigenvalue weighted by Gasteiger charge is 2.44. The smallest absolute Gasteiger partial charge is 0.333 e. The lowest BCUT2D eigenvalue weighted by atomic mass is 10.1. The normalized spacial score (nSPS) is 17.8. The van der Waals surface area contributed by atoms with Crippen molar-refractivity contribution in [3.8, 4) is 6.01 Å². The van der Waals surface area contributed by atoms with Gasteiger partial charge in [-0.1, -0.05) is 41.1 Å². The predicted molar refractivity (Wildman–Crippen MR) is 271 cm³/mol. The number of hydrogen-bond acceptors (Lipinski definition) is 16. The van der Waals surface area contributed by atoms with Crippen molar-refractivity contribution in [3.63, 3.8) is 0 Å². The van der Waals surface area contributed by atoms with Gasteiger partial charge in [-0.2, -0.15) is 5.10 Å². The third-order valence-corrected chi connectivity index (χ3v) is 14.7. The van der Waals surface area contributed by atoms with Crippen LogP contribution < -0.4 is 25.7 Å². The van der Waals surface area contributed by atoms with Crippen LogP contribution >= 0.6 is 21.6 Å². The van der Waals surface area contributed by atoms with E-state index in [-0.39, 0.29) is 81.8 Å². The van der Waals surface area contributed by atoms with Crippen LogP contribution in [-0.4, -0.2) is 115 Å². The number of hydroxylamine groups is 2. The van der Waals surface area contributed by atoms with Gasteiger partial charge in [0, 0.05) is 130 Å². The molecule has 4 aromatic rings. The van der Waals surface area contributed by atoms with Crippen LogP contribution in [0.15, 0.2) is 84.5 Å². The summed E-state index contributed by atoms with van der Waals surface area (Å²) in [5, 5.41) is 10.0. The minimum atomic E-state index is -1.75. The van der Waals surface area contributed by atoms with E-state index >= 15 is 4.39 Å². The molecule has 2 atom stereocenters. The predicted octanol–water partition coefficient (Wildman–Crippen LogP) is 6.21. The van der Waals surface area contributed by atoms with Crippen molar-refractivity contribution in [3.05, 3.63) is 107 Å². The van der Waals surface area contributed by atoms with E-state index < -0.39 is 58.4 Å². The standard InChI is InChI=1S/C49H55FN10O9S2.CH4/c1-31(35-29-53-48(54-30-35)68-22-5-7-45(65)69-60-43(63)14-15-44(60)64)56-57-41(61)26-49(2,3)71-70-23-16-42(62)59-20-18-58(19-21-59)37-12-9-32(10-13-37)46(66)52-28-34-8-11-36(24-40(34)50)55-47(67)39-25-38(39)33-6-4-17-51-27-33;/h4,6,8-13,17,24,27,29-30,38-39H,5,7,14-16,18-23,25-26,28H2,1-3H3,(H,52,66)(H,55,67)(H,57,61);1H4/b56-31+;/t38-,39+;/m1./s1/i25D2;.